The van der Waals surface area contributed by atoms with Gasteiger partial charge in [0.15, 0.2) is 6.61 Å². The van der Waals surface area contributed by atoms with Gasteiger partial charge in [-0.2, -0.15) is 0 Å². The van der Waals surface area contributed by atoms with Crippen LogP contribution in [0.4, 0.5) is 5.69 Å². The molecule has 1 saturated heterocycles. The van der Waals surface area contributed by atoms with Crippen LogP contribution in [-0.4, -0.2) is 43.7 Å². The Morgan fingerprint density at radius 3 is 2.75 bits per heavy atom. The lowest BCUT2D eigenvalue weighted by Gasteiger charge is -2.14. The van der Waals surface area contributed by atoms with Crippen molar-refractivity contribution in [3.8, 4) is 5.75 Å². The zero-order chi connectivity index (χ0) is 14.2. The second-order valence-electron chi connectivity index (χ2n) is 4.95. The molecule has 5 heteroatoms. The van der Waals surface area contributed by atoms with Crippen molar-refractivity contribution >= 4 is 11.7 Å². The van der Waals surface area contributed by atoms with Crippen LogP contribution < -0.4 is 10.5 Å². The molecule has 1 aliphatic rings. The normalized spacial score (nSPS) is 15.2. The van der Waals surface area contributed by atoms with Crippen LogP contribution in [0.5, 0.6) is 5.75 Å². The number of benzene rings is 1. The minimum absolute atomic E-state index is 0.0993. The summed E-state index contributed by atoms with van der Waals surface area (Å²) >= 11 is 0. The fourth-order valence-corrected chi connectivity index (χ4v) is 2.27. The molecule has 1 aromatic carbocycles. The molecule has 5 nitrogen and oxygen atoms in total. The van der Waals surface area contributed by atoms with E-state index in [9.17, 15) is 4.79 Å². The minimum atomic E-state index is -0.352. The van der Waals surface area contributed by atoms with E-state index in [4.69, 9.17) is 15.2 Å². The third-order valence-corrected chi connectivity index (χ3v) is 3.34. The van der Waals surface area contributed by atoms with Gasteiger partial charge in [0.1, 0.15) is 5.75 Å². The molecule has 0 spiro atoms. The van der Waals surface area contributed by atoms with Crippen LogP contribution in [0.2, 0.25) is 0 Å². The summed E-state index contributed by atoms with van der Waals surface area (Å²) in [5.41, 5.74) is 6.24. The first-order chi connectivity index (χ1) is 9.75. The number of para-hydroxylation sites is 2. The van der Waals surface area contributed by atoms with Crippen molar-refractivity contribution in [3.63, 3.8) is 0 Å². The second-order valence-corrected chi connectivity index (χ2v) is 4.95. The first-order valence-electron chi connectivity index (χ1n) is 7.11. The summed E-state index contributed by atoms with van der Waals surface area (Å²) in [6, 6.07) is 7.10. The highest BCUT2D eigenvalue weighted by Crippen LogP contribution is 2.19. The number of esters is 1. The zero-order valence-corrected chi connectivity index (χ0v) is 11.7. The monoisotopic (exact) mass is 278 g/mol. The highest BCUT2D eigenvalue weighted by atomic mass is 16.6. The molecule has 0 unspecified atom stereocenters. The smallest absolute Gasteiger partial charge is 0.344 e. The Morgan fingerprint density at radius 1 is 1.25 bits per heavy atom. The molecule has 0 amide bonds. The molecule has 1 aliphatic heterocycles. The fourth-order valence-electron chi connectivity index (χ4n) is 2.27. The quantitative estimate of drug-likeness (QED) is 0.467. The Balaban J connectivity index is 1.57. The highest BCUT2D eigenvalue weighted by Gasteiger charge is 2.11. The average molecular weight is 278 g/mol. The molecule has 0 saturated carbocycles. The molecule has 1 heterocycles. The topological polar surface area (TPSA) is 64.8 Å². The maximum atomic E-state index is 11.5. The highest BCUT2D eigenvalue weighted by molar-refractivity contribution is 5.71. The number of hydrogen-bond acceptors (Lipinski definition) is 5. The van der Waals surface area contributed by atoms with E-state index in [1.54, 1.807) is 12.1 Å². The number of carbonyl (C=O) groups excluding carboxylic acids is 1. The van der Waals surface area contributed by atoms with Gasteiger partial charge in [-0.15, -0.1) is 0 Å². The van der Waals surface area contributed by atoms with Crippen molar-refractivity contribution < 1.29 is 14.3 Å². The van der Waals surface area contributed by atoms with Gasteiger partial charge < -0.3 is 20.1 Å². The van der Waals surface area contributed by atoms with Crippen molar-refractivity contribution in [2.24, 2.45) is 0 Å². The third-order valence-electron chi connectivity index (χ3n) is 3.34. The Hall–Kier alpha value is -1.75. The summed E-state index contributed by atoms with van der Waals surface area (Å²) in [5, 5.41) is 0. The molecule has 0 bridgehead atoms. The summed E-state index contributed by atoms with van der Waals surface area (Å²) in [6.07, 6.45) is 3.44. The molecule has 2 N–H and O–H groups in total. The van der Waals surface area contributed by atoms with Gasteiger partial charge in [-0.05, 0) is 44.5 Å². The van der Waals surface area contributed by atoms with E-state index in [1.807, 2.05) is 12.1 Å². The Bertz CT molecular complexity index is 431. The predicted molar refractivity (Wildman–Crippen MR) is 77.6 cm³/mol. The molecule has 0 radical (unpaired) electrons. The summed E-state index contributed by atoms with van der Waals surface area (Å²) in [7, 11) is 0. The van der Waals surface area contributed by atoms with E-state index in [2.05, 4.69) is 4.90 Å². The lowest BCUT2D eigenvalue weighted by Crippen LogP contribution is -2.23. The standard InChI is InChI=1S/C15H22N2O3/c16-13-6-1-2-7-14(13)20-12-15(18)19-11-5-10-17-8-3-4-9-17/h1-2,6-7H,3-5,8-12,16H2. The third kappa shape index (κ3) is 4.74. The second kappa shape index (κ2) is 7.75. The molecule has 0 aliphatic carbocycles. The van der Waals surface area contributed by atoms with Crippen LogP contribution in [0.15, 0.2) is 24.3 Å². The first-order valence-corrected chi connectivity index (χ1v) is 7.11. The Kier molecular flexibility index (Phi) is 5.68. The Morgan fingerprint density at radius 2 is 2.00 bits per heavy atom. The van der Waals surface area contributed by atoms with Gasteiger partial charge in [-0.3, -0.25) is 0 Å². The molecule has 0 atom stereocenters. The van der Waals surface area contributed by atoms with Gasteiger partial charge in [0.25, 0.3) is 0 Å². The fraction of sp³-hybridized carbons (Fsp3) is 0.533. The molecule has 2 rings (SSSR count). The minimum Gasteiger partial charge on any atom is -0.480 e. The lowest BCUT2D eigenvalue weighted by atomic mass is 10.3. The number of hydrogen-bond donors (Lipinski definition) is 1. The van der Waals surface area contributed by atoms with E-state index in [1.165, 1.54) is 25.9 Å². The van der Waals surface area contributed by atoms with Gasteiger partial charge in [0, 0.05) is 6.54 Å². The molecular formula is C15H22N2O3. The number of rotatable bonds is 7. The van der Waals surface area contributed by atoms with E-state index in [0.29, 0.717) is 18.0 Å². The van der Waals surface area contributed by atoms with Gasteiger partial charge in [0.05, 0.1) is 12.3 Å². The molecule has 1 aromatic rings. The van der Waals surface area contributed by atoms with Gasteiger partial charge in [-0.1, -0.05) is 12.1 Å². The molecular weight excluding hydrogens is 256 g/mol. The van der Waals surface area contributed by atoms with E-state index < -0.39 is 0 Å². The average Bonchev–Trinajstić information content (AvgIpc) is 2.96. The van der Waals surface area contributed by atoms with Crippen molar-refractivity contribution in [1.29, 1.82) is 0 Å². The Labute approximate surface area is 119 Å². The number of anilines is 1. The summed E-state index contributed by atoms with van der Waals surface area (Å²) in [5.74, 6) is 0.163. The lowest BCUT2D eigenvalue weighted by molar-refractivity contribution is -0.146. The van der Waals surface area contributed by atoms with Crippen LogP contribution in [-0.2, 0) is 9.53 Å². The summed E-state index contributed by atoms with van der Waals surface area (Å²) in [6.45, 7) is 3.69. The predicted octanol–water partition coefficient (Wildman–Crippen LogP) is 1.68. The number of likely N-dealkylation sites (tertiary alicyclic amines) is 1. The number of nitrogens with two attached hydrogens (primary N) is 1. The van der Waals surface area contributed by atoms with E-state index in [0.717, 1.165) is 13.0 Å². The van der Waals surface area contributed by atoms with Crippen LogP contribution in [0.3, 0.4) is 0 Å². The van der Waals surface area contributed by atoms with Crippen molar-refractivity contribution in [3.05, 3.63) is 24.3 Å². The van der Waals surface area contributed by atoms with Gasteiger partial charge in [0.2, 0.25) is 0 Å². The van der Waals surface area contributed by atoms with Crippen LogP contribution in [0, 0.1) is 0 Å². The SMILES string of the molecule is Nc1ccccc1OCC(=O)OCCCN1CCCC1. The number of carbonyl (C=O) groups is 1. The van der Waals surface area contributed by atoms with E-state index >= 15 is 0 Å². The van der Waals surface area contributed by atoms with Crippen LogP contribution in [0.1, 0.15) is 19.3 Å². The summed E-state index contributed by atoms with van der Waals surface area (Å²) in [4.78, 5) is 13.9. The van der Waals surface area contributed by atoms with Crippen molar-refractivity contribution in [1.82, 2.24) is 4.90 Å². The number of ether oxygens (including phenoxy) is 2. The maximum Gasteiger partial charge on any atom is 0.344 e. The van der Waals surface area contributed by atoms with Crippen LogP contribution >= 0.6 is 0 Å². The number of nitrogen functional groups attached to an aromatic ring is 1. The molecule has 1 fully saturated rings. The molecule has 110 valence electrons. The van der Waals surface area contributed by atoms with Crippen molar-refractivity contribution in [2.75, 3.05) is 38.6 Å². The van der Waals surface area contributed by atoms with Gasteiger partial charge >= 0.3 is 5.97 Å². The number of nitrogens with zero attached hydrogens (tertiary/aromatic N) is 1. The van der Waals surface area contributed by atoms with Gasteiger partial charge in [-0.25, -0.2) is 4.79 Å². The molecule has 20 heavy (non-hydrogen) atoms. The van der Waals surface area contributed by atoms with E-state index in [-0.39, 0.29) is 12.6 Å². The van der Waals surface area contributed by atoms with Crippen molar-refractivity contribution in [2.45, 2.75) is 19.3 Å². The molecule has 0 aromatic heterocycles. The zero-order valence-electron chi connectivity index (χ0n) is 11.7. The van der Waals surface area contributed by atoms with Crippen LogP contribution in [0.25, 0.3) is 0 Å². The first kappa shape index (κ1) is 14.7. The summed E-state index contributed by atoms with van der Waals surface area (Å²) < 4.78 is 10.5. The largest absolute Gasteiger partial charge is 0.480 e. The maximum absolute atomic E-state index is 11.5.